The number of pyridine rings is 2. The monoisotopic (exact) mass is 270 g/mol. The summed E-state index contributed by atoms with van der Waals surface area (Å²) in [6.07, 6.45) is 4.36. The SMILES string of the molecule is CCCNc1cccc(C(=O)Nc2cncc(C)c2)n1. The van der Waals surface area contributed by atoms with E-state index in [2.05, 4.69) is 27.5 Å². The van der Waals surface area contributed by atoms with E-state index in [1.807, 2.05) is 25.1 Å². The Hall–Kier alpha value is -2.43. The van der Waals surface area contributed by atoms with E-state index in [0.29, 0.717) is 17.2 Å². The molecule has 2 aromatic rings. The van der Waals surface area contributed by atoms with Crippen LogP contribution in [0.1, 0.15) is 29.4 Å². The van der Waals surface area contributed by atoms with Gasteiger partial charge in [0.05, 0.1) is 11.9 Å². The van der Waals surface area contributed by atoms with Crippen molar-refractivity contribution in [1.82, 2.24) is 9.97 Å². The molecule has 0 aliphatic heterocycles. The lowest BCUT2D eigenvalue weighted by Crippen LogP contribution is -2.15. The molecule has 0 atom stereocenters. The number of amides is 1. The molecule has 0 fully saturated rings. The first-order chi connectivity index (χ1) is 9.69. The molecule has 0 aromatic carbocycles. The quantitative estimate of drug-likeness (QED) is 0.876. The van der Waals surface area contributed by atoms with Gasteiger partial charge in [-0.1, -0.05) is 13.0 Å². The van der Waals surface area contributed by atoms with Gasteiger partial charge in [-0.3, -0.25) is 9.78 Å². The molecule has 2 rings (SSSR count). The molecule has 1 amide bonds. The minimum atomic E-state index is -0.238. The molecule has 0 bridgehead atoms. The van der Waals surface area contributed by atoms with Gasteiger partial charge in [-0.25, -0.2) is 4.98 Å². The molecule has 0 aliphatic carbocycles. The standard InChI is InChI=1S/C15H18N4O/c1-3-7-17-14-6-4-5-13(19-14)15(20)18-12-8-11(2)9-16-10-12/h4-6,8-10H,3,7H2,1-2H3,(H,17,19)(H,18,20). The molecule has 0 saturated carbocycles. The molecule has 2 N–H and O–H groups in total. The Morgan fingerprint density at radius 1 is 1.30 bits per heavy atom. The van der Waals surface area contributed by atoms with E-state index in [4.69, 9.17) is 0 Å². The third kappa shape index (κ3) is 3.78. The topological polar surface area (TPSA) is 66.9 Å². The van der Waals surface area contributed by atoms with Gasteiger partial charge < -0.3 is 10.6 Å². The number of rotatable bonds is 5. The summed E-state index contributed by atoms with van der Waals surface area (Å²) in [6, 6.07) is 7.22. The summed E-state index contributed by atoms with van der Waals surface area (Å²) in [7, 11) is 0. The first kappa shape index (κ1) is 14.0. The van der Waals surface area contributed by atoms with Gasteiger partial charge in [-0.05, 0) is 37.1 Å². The second-order valence-electron chi connectivity index (χ2n) is 4.54. The molecule has 5 heteroatoms. The Kier molecular flexibility index (Phi) is 4.65. The molecule has 0 saturated heterocycles. The average Bonchev–Trinajstić information content (AvgIpc) is 2.45. The highest BCUT2D eigenvalue weighted by Crippen LogP contribution is 2.10. The smallest absolute Gasteiger partial charge is 0.274 e. The summed E-state index contributed by atoms with van der Waals surface area (Å²) >= 11 is 0. The van der Waals surface area contributed by atoms with Crippen LogP contribution in [0.25, 0.3) is 0 Å². The zero-order valence-corrected chi connectivity index (χ0v) is 11.7. The van der Waals surface area contributed by atoms with Crippen molar-refractivity contribution < 1.29 is 4.79 Å². The summed E-state index contributed by atoms with van der Waals surface area (Å²) in [5.41, 5.74) is 2.05. The third-order valence-electron chi connectivity index (χ3n) is 2.67. The van der Waals surface area contributed by atoms with E-state index in [-0.39, 0.29) is 5.91 Å². The number of aromatic nitrogens is 2. The van der Waals surface area contributed by atoms with E-state index >= 15 is 0 Å². The molecular weight excluding hydrogens is 252 g/mol. The predicted molar refractivity (Wildman–Crippen MR) is 79.9 cm³/mol. The maximum Gasteiger partial charge on any atom is 0.274 e. The molecule has 0 unspecified atom stereocenters. The van der Waals surface area contributed by atoms with Crippen LogP contribution in [0.15, 0.2) is 36.7 Å². The summed E-state index contributed by atoms with van der Waals surface area (Å²) < 4.78 is 0. The van der Waals surface area contributed by atoms with Crippen LogP contribution in [-0.2, 0) is 0 Å². The van der Waals surface area contributed by atoms with Gasteiger partial charge in [-0.15, -0.1) is 0 Å². The van der Waals surface area contributed by atoms with Crippen molar-refractivity contribution in [2.24, 2.45) is 0 Å². The van der Waals surface area contributed by atoms with Crippen LogP contribution in [0.4, 0.5) is 11.5 Å². The second-order valence-corrected chi connectivity index (χ2v) is 4.54. The fraction of sp³-hybridized carbons (Fsp3) is 0.267. The van der Waals surface area contributed by atoms with Crippen LogP contribution in [0.2, 0.25) is 0 Å². The van der Waals surface area contributed by atoms with Crippen LogP contribution < -0.4 is 10.6 Å². The normalized spacial score (nSPS) is 10.1. The Labute approximate surface area is 118 Å². The number of aryl methyl sites for hydroxylation is 1. The molecular formula is C15H18N4O. The van der Waals surface area contributed by atoms with Crippen molar-refractivity contribution in [2.75, 3.05) is 17.2 Å². The molecule has 0 radical (unpaired) electrons. The number of carbonyl (C=O) groups excluding carboxylic acids is 1. The van der Waals surface area contributed by atoms with Crippen molar-refractivity contribution in [3.05, 3.63) is 47.9 Å². The number of hydrogen-bond acceptors (Lipinski definition) is 4. The maximum atomic E-state index is 12.1. The highest BCUT2D eigenvalue weighted by atomic mass is 16.1. The lowest BCUT2D eigenvalue weighted by Gasteiger charge is -2.07. The molecule has 0 spiro atoms. The predicted octanol–water partition coefficient (Wildman–Crippen LogP) is 2.86. The Morgan fingerprint density at radius 2 is 2.15 bits per heavy atom. The maximum absolute atomic E-state index is 12.1. The van der Waals surface area contributed by atoms with Crippen LogP contribution in [0.5, 0.6) is 0 Å². The molecule has 0 aliphatic rings. The zero-order chi connectivity index (χ0) is 14.4. The van der Waals surface area contributed by atoms with Crippen molar-refractivity contribution in [3.8, 4) is 0 Å². The molecule has 2 heterocycles. The Morgan fingerprint density at radius 3 is 2.90 bits per heavy atom. The van der Waals surface area contributed by atoms with Gasteiger partial charge in [0, 0.05) is 12.7 Å². The van der Waals surface area contributed by atoms with Crippen LogP contribution in [0.3, 0.4) is 0 Å². The van der Waals surface area contributed by atoms with Crippen molar-refractivity contribution in [2.45, 2.75) is 20.3 Å². The fourth-order valence-corrected chi connectivity index (χ4v) is 1.73. The molecule has 5 nitrogen and oxygen atoms in total. The minimum Gasteiger partial charge on any atom is -0.370 e. The van der Waals surface area contributed by atoms with Gasteiger partial charge in [0.1, 0.15) is 11.5 Å². The van der Waals surface area contributed by atoms with E-state index in [9.17, 15) is 4.79 Å². The van der Waals surface area contributed by atoms with Crippen molar-refractivity contribution in [1.29, 1.82) is 0 Å². The summed E-state index contributed by atoms with van der Waals surface area (Å²) in [5, 5.41) is 5.95. The fourth-order valence-electron chi connectivity index (χ4n) is 1.73. The first-order valence-electron chi connectivity index (χ1n) is 6.63. The van der Waals surface area contributed by atoms with E-state index in [1.165, 1.54) is 0 Å². The molecule has 104 valence electrons. The number of hydrogen-bond donors (Lipinski definition) is 2. The minimum absolute atomic E-state index is 0.238. The average molecular weight is 270 g/mol. The van der Waals surface area contributed by atoms with Gasteiger partial charge in [0.25, 0.3) is 5.91 Å². The summed E-state index contributed by atoms with van der Waals surface area (Å²) in [6.45, 7) is 4.84. The van der Waals surface area contributed by atoms with Gasteiger partial charge in [0.2, 0.25) is 0 Å². The Bertz CT molecular complexity index is 598. The van der Waals surface area contributed by atoms with E-state index in [0.717, 1.165) is 18.5 Å². The van der Waals surface area contributed by atoms with Crippen molar-refractivity contribution >= 4 is 17.4 Å². The van der Waals surface area contributed by atoms with Crippen LogP contribution in [0, 0.1) is 6.92 Å². The molecule has 2 aromatic heterocycles. The van der Waals surface area contributed by atoms with Gasteiger partial charge in [-0.2, -0.15) is 0 Å². The highest BCUT2D eigenvalue weighted by molar-refractivity contribution is 6.03. The summed E-state index contributed by atoms with van der Waals surface area (Å²) in [4.78, 5) is 20.4. The molecule has 20 heavy (non-hydrogen) atoms. The lowest BCUT2D eigenvalue weighted by molar-refractivity contribution is 0.102. The van der Waals surface area contributed by atoms with Gasteiger partial charge in [0.15, 0.2) is 0 Å². The van der Waals surface area contributed by atoms with Gasteiger partial charge >= 0.3 is 0 Å². The third-order valence-corrected chi connectivity index (χ3v) is 2.67. The zero-order valence-electron chi connectivity index (χ0n) is 11.7. The van der Waals surface area contributed by atoms with Crippen molar-refractivity contribution in [3.63, 3.8) is 0 Å². The first-order valence-corrected chi connectivity index (χ1v) is 6.63. The number of nitrogens with one attached hydrogen (secondary N) is 2. The van der Waals surface area contributed by atoms with E-state index < -0.39 is 0 Å². The number of anilines is 2. The lowest BCUT2D eigenvalue weighted by atomic mass is 10.3. The largest absolute Gasteiger partial charge is 0.370 e. The second kappa shape index (κ2) is 6.65. The Balaban J connectivity index is 2.09. The van der Waals surface area contributed by atoms with E-state index in [1.54, 1.807) is 18.5 Å². The van der Waals surface area contributed by atoms with Crippen LogP contribution >= 0.6 is 0 Å². The highest BCUT2D eigenvalue weighted by Gasteiger charge is 2.08. The number of carbonyl (C=O) groups is 1. The summed E-state index contributed by atoms with van der Waals surface area (Å²) in [5.74, 6) is 0.472. The number of nitrogens with zero attached hydrogens (tertiary/aromatic N) is 2. The van der Waals surface area contributed by atoms with Crippen LogP contribution in [-0.4, -0.2) is 22.4 Å².